The summed E-state index contributed by atoms with van der Waals surface area (Å²) in [6.07, 6.45) is -33.9. The molecule has 4 aliphatic rings. The predicted octanol–water partition coefficient (Wildman–Crippen LogP) is -3.75. The van der Waals surface area contributed by atoms with Gasteiger partial charge in [-0.3, -0.25) is 57.5 Å². The predicted molar refractivity (Wildman–Crippen MR) is 253 cm³/mol. The highest BCUT2D eigenvalue weighted by atomic mass is 16.8. The number of ether oxygens (including phenoxy) is 17. The van der Waals surface area contributed by atoms with Crippen LogP contribution in [0.3, 0.4) is 0 Å². The SMILES string of the molecule is CC(=O)N[C@@H]1[C@@H](O[C@@H]2O[C@H](COC(C)=O)[C@H](OC(C)=O)[C@H](O[C@@H]3O[C@H](CO)[C@@H](O[C@@H]4O[C@H](COC(C)=O)[C@H](OC(C)=O)[C@H](OC(C)=O)[C@H]4OC(C)=O)[C@H](OC(C)=O)[C@H]3NC(C)=O)[C@H]2OC(C)=O)[C@@H](OC(C)=O)[C@@H](COC(C)=O)O[C@@H]1O. The summed E-state index contributed by atoms with van der Waals surface area (Å²) >= 11 is 0. The van der Waals surface area contributed by atoms with Crippen LogP contribution < -0.4 is 10.6 Å². The van der Waals surface area contributed by atoms with Crippen molar-refractivity contribution in [3.05, 3.63) is 0 Å². The van der Waals surface area contributed by atoms with Gasteiger partial charge in [0.15, 0.2) is 67.9 Å². The second-order valence-corrected chi connectivity index (χ2v) is 18.6. The highest BCUT2D eigenvalue weighted by Crippen LogP contribution is 2.39. The van der Waals surface area contributed by atoms with E-state index in [1.165, 1.54) is 0 Å². The minimum Gasteiger partial charge on any atom is -0.463 e. The average Bonchev–Trinajstić information content (AvgIpc) is 3.38. The Morgan fingerprint density at radius 3 is 1.04 bits per heavy atom. The first-order chi connectivity index (χ1) is 37.9. The Hall–Kier alpha value is -6.72. The second kappa shape index (κ2) is 30.4. The monoisotopic (exact) mass is 1170 g/mol. The van der Waals surface area contributed by atoms with Crippen LogP contribution in [0.2, 0.25) is 0 Å². The molecule has 2 amide bonds. The van der Waals surface area contributed by atoms with Crippen LogP contribution in [0.25, 0.3) is 0 Å². The summed E-state index contributed by atoms with van der Waals surface area (Å²) in [5.74, 6) is -11.7. The molecule has 0 spiro atoms. The van der Waals surface area contributed by atoms with E-state index >= 15 is 0 Å². The van der Waals surface area contributed by atoms with Gasteiger partial charge in [0.05, 0.1) is 6.61 Å². The fraction of sp³-hybridized carbons (Fsp3) is 0.750. The van der Waals surface area contributed by atoms with Crippen LogP contribution in [-0.2, 0) is 138 Å². The number of hydrogen-bond donors (Lipinski definition) is 4. The van der Waals surface area contributed by atoms with E-state index in [-0.39, 0.29) is 0 Å². The summed E-state index contributed by atoms with van der Waals surface area (Å²) in [5, 5.41) is 27.4. The third kappa shape index (κ3) is 19.5. The molecule has 4 aliphatic heterocycles. The first-order valence-electron chi connectivity index (χ1n) is 24.9. The molecule has 33 nitrogen and oxygen atoms in total. The molecule has 4 saturated heterocycles. The molecule has 456 valence electrons. The largest absolute Gasteiger partial charge is 0.463 e. The van der Waals surface area contributed by atoms with Gasteiger partial charge in [-0.2, -0.15) is 0 Å². The van der Waals surface area contributed by atoms with Crippen LogP contribution in [0.1, 0.15) is 83.1 Å². The zero-order valence-corrected chi connectivity index (χ0v) is 46.1. The second-order valence-electron chi connectivity index (χ2n) is 18.6. The number of esters is 10. The van der Waals surface area contributed by atoms with E-state index in [4.69, 9.17) is 80.5 Å². The zero-order valence-electron chi connectivity index (χ0n) is 46.1. The molecule has 4 fully saturated rings. The molecule has 0 bridgehead atoms. The van der Waals surface area contributed by atoms with E-state index in [1.807, 2.05) is 0 Å². The average molecular weight is 1170 g/mol. The summed E-state index contributed by atoms with van der Waals surface area (Å²) in [4.78, 5) is 152. The molecular weight excluding hydrogens is 1100 g/mol. The van der Waals surface area contributed by atoms with E-state index in [1.54, 1.807) is 0 Å². The summed E-state index contributed by atoms with van der Waals surface area (Å²) in [5.41, 5.74) is 0. The smallest absolute Gasteiger partial charge is 0.303 e. The van der Waals surface area contributed by atoms with Crippen molar-refractivity contribution in [1.82, 2.24) is 10.6 Å². The highest BCUT2D eigenvalue weighted by Gasteiger charge is 2.61. The topological polar surface area (TPSA) is 426 Å². The van der Waals surface area contributed by atoms with Crippen LogP contribution in [0.4, 0.5) is 0 Å². The summed E-state index contributed by atoms with van der Waals surface area (Å²) in [6, 6.07) is -3.58. The lowest BCUT2D eigenvalue weighted by Gasteiger charge is -2.51. The van der Waals surface area contributed by atoms with E-state index in [2.05, 4.69) is 10.6 Å². The number of aliphatic hydroxyl groups excluding tert-OH is 2. The standard InChI is InChI=1S/C48H68N2O31/c1-17(52)49-33-39(36(68-22(6)57)30(75-45(33)64)14-65-19(3)54)80-48-44(74-28(12)63)42(38(70-24(8)59)32(78-48)16-67-21(5)56)81-46-34(50-18(2)53)40(71-25(9)60)35(29(13-51)76-46)79-47-43(73-27(11)62)41(72-26(10)61)37(69-23(7)58)31(77-47)15-66-20(4)55/h29-48,51,64H,13-16H2,1-12H3,(H,49,52)(H,50,53)/t29-,30-,31-,32-,33-,34-,35-,36+,37+,38+,39-,40-,41+,42+,43-,44-,45+,46+,47+,48+/m1/s1. The molecule has 0 aromatic rings. The molecule has 0 aromatic carbocycles. The number of aliphatic hydroxyl groups is 2. The summed E-state index contributed by atoms with van der Waals surface area (Å²) in [6.45, 7) is 8.34. The zero-order chi connectivity index (χ0) is 60.7. The van der Waals surface area contributed by atoms with Crippen LogP contribution >= 0.6 is 0 Å². The van der Waals surface area contributed by atoms with Crippen molar-refractivity contribution in [2.45, 2.75) is 206 Å². The maximum absolute atomic E-state index is 13.3. The van der Waals surface area contributed by atoms with Crippen molar-refractivity contribution >= 4 is 71.5 Å². The van der Waals surface area contributed by atoms with E-state index in [9.17, 15) is 67.7 Å². The van der Waals surface area contributed by atoms with Crippen LogP contribution in [0.15, 0.2) is 0 Å². The molecule has 20 atom stereocenters. The van der Waals surface area contributed by atoms with Crippen LogP contribution in [-0.4, -0.2) is 231 Å². The van der Waals surface area contributed by atoms with Crippen molar-refractivity contribution in [3.63, 3.8) is 0 Å². The van der Waals surface area contributed by atoms with Gasteiger partial charge in [-0.1, -0.05) is 0 Å². The molecule has 0 unspecified atom stereocenters. The molecule has 0 radical (unpaired) electrons. The van der Waals surface area contributed by atoms with Gasteiger partial charge in [-0.25, -0.2) is 0 Å². The quantitative estimate of drug-likeness (QED) is 0.0597. The number of amides is 2. The Bertz CT molecular complexity index is 2300. The fourth-order valence-corrected chi connectivity index (χ4v) is 9.08. The first-order valence-corrected chi connectivity index (χ1v) is 24.9. The lowest BCUT2D eigenvalue weighted by molar-refractivity contribution is -0.376. The maximum atomic E-state index is 13.3. The van der Waals surface area contributed by atoms with Gasteiger partial charge in [0.1, 0.15) is 74.6 Å². The third-order valence-electron chi connectivity index (χ3n) is 11.8. The first kappa shape index (κ1) is 66.8. The third-order valence-corrected chi connectivity index (χ3v) is 11.8. The number of carbonyl (C=O) groups is 12. The van der Waals surface area contributed by atoms with Gasteiger partial charge in [-0.05, 0) is 0 Å². The van der Waals surface area contributed by atoms with Crippen molar-refractivity contribution < 1.29 is 148 Å². The Morgan fingerprint density at radius 2 is 0.642 bits per heavy atom. The molecule has 0 saturated carbocycles. The molecular formula is C48H68N2O31. The molecule has 81 heavy (non-hydrogen) atoms. The Labute approximate surface area is 461 Å². The lowest BCUT2D eigenvalue weighted by Crippen LogP contribution is -2.71. The molecule has 0 aliphatic carbocycles. The molecule has 33 heteroatoms. The highest BCUT2D eigenvalue weighted by molar-refractivity contribution is 5.74. The van der Waals surface area contributed by atoms with Gasteiger partial charge in [0.25, 0.3) is 0 Å². The van der Waals surface area contributed by atoms with Crippen molar-refractivity contribution in [3.8, 4) is 0 Å². The number of carbonyl (C=O) groups excluding carboxylic acids is 12. The summed E-state index contributed by atoms with van der Waals surface area (Å²) in [7, 11) is 0. The molecule has 4 N–H and O–H groups in total. The van der Waals surface area contributed by atoms with Gasteiger partial charge in [-0.15, -0.1) is 0 Å². The Kier molecular flexibility index (Phi) is 25.0. The van der Waals surface area contributed by atoms with Gasteiger partial charge < -0.3 is 101 Å². The fourth-order valence-electron chi connectivity index (χ4n) is 9.08. The number of hydrogen-bond acceptors (Lipinski definition) is 31. The molecule has 4 heterocycles. The van der Waals surface area contributed by atoms with Gasteiger partial charge >= 0.3 is 59.7 Å². The number of nitrogens with one attached hydrogen (secondary N) is 2. The van der Waals surface area contributed by atoms with E-state index in [0.717, 1.165) is 83.1 Å². The minimum absolute atomic E-state index is 0.692. The normalized spacial score (nSPS) is 33.6. The van der Waals surface area contributed by atoms with E-state index < -0.39 is 221 Å². The number of rotatable bonds is 22. The van der Waals surface area contributed by atoms with Gasteiger partial charge in [0, 0.05) is 83.1 Å². The van der Waals surface area contributed by atoms with E-state index in [0.29, 0.717) is 0 Å². The molecule has 0 aromatic heterocycles. The van der Waals surface area contributed by atoms with Crippen molar-refractivity contribution in [2.75, 3.05) is 26.4 Å². The maximum Gasteiger partial charge on any atom is 0.303 e. The van der Waals surface area contributed by atoms with Crippen molar-refractivity contribution in [2.24, 2.45) is 0 Å². The van der Waals surface area contributed by atoms with Crippen LogP contribution in [0.5, 0.6) is 0 Å². The summed E-state index contributed by atoms with van der Waals surface area (Å²) < 4.78 is 98.4. The Morgan fingerprint density at radius 1 is 0.333 bits per heavy atom. The van der Waals surface area contributed by atoms with Gasteiger partial charge in [0.2, 0.25) is 11.8 Å². The lowest BCUT2D eigenvalue weighted by atomic mass is 9.93. The molecule has 4 rings (SSSR count). The van der Waals surface area contributed by atoms with Crippen molar-refractivity contribution in [1.29, 1.82) is 0 Å². The Balaban J connectivity index is 1.96. The van der Waals surface area contributed by atoms with Crippen LogP contribution in [0, 0.1) is 0 Å². The minimum atomic E-state index is -2.13.